The number of nitrogens with zero attached hydrogens (tertiary/aromatic N) is 1. The van der Waals surface area contributed by atoms with Gasteiger partial charge in [-0.3, -0.25) is 19.4 Å². The molecule has 1 aromatic heterocycles. The van der Waals surface area contributed by atoms with Crippen LogP contribution in [0.2, 0.25) is 0 Å². The molecule has 0 aliphatic heterocycles. The highest BCUT2D eigenvalue weighted by Gasteiger charge is 2.38. The fourth-order valence-electron chi connectivity index (χ4n) is 1.97. The quantitative estimate of drug-likeness (QED) is 0.247. The topological polar surface area (TPSA) is 201 Å². The van der Waals surface area contributed by atoms with Crippen molar-refractivity contribution in [1.29, 1.82) is 0 Å². The number of nitrogens with one attached hydrogen (secondary N) is 3. The zero-order valence-corrected chi connectivity index (χ0v) is 17.5. The molecule has 3 atom stereocenters. The van der Waals surface area contributed by atoms with E-state index in [1.807, 2.05) is 0 Å². The van der Waals surface area contributed by atoms with Crippen molar-refractivity contribution in [2.45, 2.75) is 51.1 Å². The number of aliphatic carboxylic acids is 2. The summed E-state index contributed by atoms with van der Waals surface area (Å²) in [6.07, 6.45) is -2.34. The standard InChI is InChI=1S/C16H23N5O5.C2HF3O2/c1-9(19-8-11-3-5-18-6-4-11)14(23)20-10(2)15(24)21-12(16(25)26)7-13(17)22;3-2(4,5)1(6)7/h3-6,9-10,12,19H,7-8H2,1-2H3,(H2,17,22)(H,20,23)(H,21,24)(H,25,26);(H,6,7). The SMILES string of the molecule is CC(NCc1ccncc1)C(=O)NC(C)C(=O)NC(CC(N)=O)C(=O)O.O=C(O)C(F)(F)F. The molecular formula is C18H24F3N5O7. The average Bonchev–Trinajstić information content (AvgIpc) is 2.71. The Morgan fingerprint density at radius 3 is 1.91 bits per heavy atom. The van der Waals surface area contributed by atoms with Crippen LogP contribution in [0.3, 0.4) is 0 Å². The summed E-state index contributed by atoms with van der Waals surface area (Å²) >= 11 is 0. The van der Waals surface area contributed by atoms with Crippen molar-refractivity contribution in [2.24, 2.45) is 5.73 Å². The van der Waals surface area contributed by atoms with E-state index in [4.69, 9.17) is 20.7 Å². The van der Waals surface area contributed by atoms with Gasteiger partial charge >= 0.3 is 18.1 Å². The number of alkyl halides is 3. The van der Waals surface area contributed by atoms with E-state index in [1.165, 1.54) is 6.92 Å². The molecule has 1 rings (SSSR count). The highest BCUT2D eigenvalue weighted by Crippen LogP contribution is 2.13. The second-order valence-electron chi connectivity index (χ2n) is 6.56. The Morgan fingerprint density at radius 2 is 1.48 bits per heavy atom. The smallest absolute Gasteiger partial charge is 0.480 e. The number of hydrogen-bond donors (Lipinski definition) is 6. The molecule has 7 N–H and O–H groups in total. The van der Waals surface area contributed by atoms with Gasteiger partial charge in [-0.15, -0.1) is 0 Å². The van der Waals surface area contributed by atoms with Crippen molar-refractivity contribution in [3.8, 4) is 0 Å². The lowest BCUT2D eigenvalue weighted by Crippen LogP contribution is -2.53. The number of nitrogens with two attached hydrogens (primary N) is 1. The van der Waals surface area contributed by atoms with Crippen LogP contribution >= 0.6 is 0 Å². The molecule has 0 aliphatic carbocycles. The molecule has 1 aromatic rings. The molecule has 12 nitrogen and oxygen atoms in total. The fraction of sp³-hybridized carbons (Fsp3) is 0.444. The van der Waals surface area contributed by atoms with Crippen molar-refractivity contribution in [2.75, 3.05) is 0 Å². The highest BCUT2D eigenvalue weighted by atomic mass is 19.4. The van der Waals surface area contributed by atoms with Crippen molar-refractivity contribution in [1.82, 2.24) is 20.9 Å². The van der Waals surface area contributed by atoms with Gasteiger partial charge in [0.05, 0.1) is 12.5 Å². The minimum absolute atomic E-state index is 0.427. The largest absolute Gasteiger partial charge is 0.490 e. The van der Waals surface area contributed by atoms with Gasteiger partial charge in [0.2, 0.25) is 17.7 Å². The number of primary amides is 1. The molecule has 0 saturated carbocycles. The molecule has 15 heteroatoms. The molecule has 33 heavy (non-hydrogen) atoms. The highest BCUT2D eigenvalue weighted by molar-refractivity contribution is 5.92. The van der Waals surface area contributed by atoms with Crippen molar-refractivity contribution >= 4 is 29.7 Å². The van der Waals surface area contributed by atoms with Crippen molar-refractivity contribution in [3.05, 3.63) is 30.1 Å². The normalized spacial score (nSPS) is 13.4. The van der Waals surface area contributed by atoms with E-state index < -0.39 is 60.4 Å². The van der Waals surface area contributed by atoms with Gasteiger partial charge in [0, 0.05) is 18.9 Å². The first-order valence-corrected chi connectivity index (χ1v) is 9.19. The first-order chi connectivity index (χ1) is 15.1. The van der Waals surface area contributed by atoms with E-state index in [0.29, 0.717) is 6.54 Å². The summed E-state index contributed by atoms with van der Waals surface area (Å²) < 4.78 is 31.7. The number of pyridine rings is 1. The van der Waals surface area contributed by atoms with Gasteiger partial charge in [0.25, 0.3) is 0 Å². The molecule has 0 aliphatic rings. The van der Waals surface area contributed by atoms with E-state index >= 15 is 0 Å². The molecular weight excluding hydrogens is 455 g/mol. The summed E-state index contributed by atoms with van der Waals surface area (Å²) in [5, 5.41) is 23.7. The predicted octanol–water partition coefficient (Wildman–Crippen LogP) is -0.857. The summed E-state index contributed by atoms with van der Waals surface area (Å²) in [7, 11) is 0. The minimum atomic E-state index is -5.08. The maximum Gasteiger partial charge on any atom is 0.490 e. The van der Waals surface area contributed by atoms with Crippen molar-refractivity contribution in [3.63, 3.8) is 0 Å². The zero-order valence-electron chi connectivity index (χ0n) is 17.5. The molecule has 0 fully saturated rings. The zero-order chi connectivity index (χ0) is 25.8. The molecule has 3 amide bonds. The van der Waals surface area contributed by atoms with Gasteiger partial charge in [-0.2, -0.15) is 13.2 Å². The number of carbonyl (C=O) groups excluding carboxylic acids is 3. The van der Waals surface area contributed by atoms with Crippen molar-refractivity contribution < 1.29 is 47.4 Å². The Labute approximate surface area is 185 Å². The summed E-state index contributed by atoms with van der Waals surface area (Å²) in [5.74, 6) is -6.16. The molecule has 0 spiro atoms. The predicted molar refractivity (Wildman–Crippen MR) is 105 cm³/mol. The molecule has 3 unspecified atom stereocenters. The third-order valence-corrected chi connectivity index (χ3v) is 3.77. The van der Waals surface area contributed by atoms with E-state index in [9.17, 15) is 32.3 Å². The van der Waals surface area contributed by atoms with Crippen LogP contribution in [0.1, 0.15) is 25.8 Å². The second-order valence-corrected chi connectivity index (χ2v) is 6.56. The van der Waals surface area contributed by atoms with E-state index in [-0.39, 0.29) is 0 Å². The van der Waals surface area contributed by atoms with Gasteiger partial charge in [-0.1, -0.05) is 0 Å². The number of amides is 3. The van der Waals surface area contributed by atoms with Crippen LogP contribution in [0.4, 0.5) is 13.2 Å². The molecule has 0 radical (unpaired) electrons. The number of hydrogen-bond acceptors (Lipinski definition) is 7. The molecule has 0 aromatic carbocycles. The van der Waals surface area contributed by atoms with Crippen LogP contribution in [-0.2, 0) is 30.5 Å². The van der Waals surface area contributed by atoms with Crippen LogP contribution in [0.25, 0.3) is 0 Å². The second kappa shape index (κ2) is 13.6. The van der Waals surface area contributed by atoms with Gasteiger partial charge in [-0.05, 0) is 31.5 Å². The Kier molecular flexibility index (Phi) is 12.1. The number of halogens is 3. The molecule has 0 bridgehead atoms. The lowest BCUT2D eigenvalue weighted by atomic mass is 10.1. The van der Waals surface area contributed by atoms with Crippen LogP contribution in [0.15, 0.2) is 24.5 Å². The van der Waals surface area contributed by atoms with Gasteiger partial charge in [0.1, 0.15) is 12.1 Å². The summed E-state index contributed by atoms with van der Waals surface area (Å²) in [6.45, 7) is 3.48. The Hall–Kier alpha value is -3.75. The minimum Gasteiger partial charge on any atom is -0.480 e. The van der Waals surface area contributed by atoms with Crippen LogP contribution in [0, 0.1) is 0 Å². The summed E-state index contributed by atoms with van der Waals surface area (Å²) in [6, 6.07) is 0.597. The van der Waals surface area contributed by atoms with Gasteiger partial charge in [0.15, 0.2) is 0 Å². The monoisotopic (exact) mass is 479 g/mol. The molecule has 184 valence electrons. The Morgan fingerprint density at radius 1 is 1.00 bits per heavy atom. The lowest BCUT2D eigenvalue weighted by molar-refractivity contribution is -0.192. The Balaban J connectivity index is 0.00000126. The number of rotatable bonds is 10. The third-order valence-electron chi connectivity index (χ3n) is 3.77. The molecule has 0 saturated heterocycles. The summed E-state index contributed by atoms with van der Waals surface area (Å²) in [4.78, 5) is 58.8. The maximum atomic E-state index is 12.1. The van der Waals surface area contributed by atoms with E-state index in [2.05, 4.69) is 20.9 Å². The maximum absolute atomic E-state index is 12.1. The van der Waals surface area contributed by atoms with Crippen LogP contribution in [-0.4, -0.2) is 69.2 Å². The van der Waals surface area contributed by atoms with E-state index in [1.54, 1.807) is 31.5 Å². The fourth-order valence-corrected chi connectivity index (χ4v) is 1.97. The first kappa shape index (κ1) is 29.2. The van der Waals surface area contributed by atoms with Crippen LogP contribution < -0.4 is 21.7 Å². The Bertz CT molecular complexity index is 836. The number of aromatic nitrogens is 1. The van der Waals surface area contributed by atoms with E-state index in [0.717, 1.165) is 5.56 Å². The van der Waals surface area contributed by atoms with Crippen LogP contribution in [0.5, 0.6) is 0 Å². The summed E-state index contributed by atoms with van der Waals surface area (Å²) in [5.41, 5.74) is 5.89. The average molecular weight is 479 g/mol. The third kappa shape index (κ3) is 12.6. The number of carboxylic acids is 2. The lowest BCUT2D eigenvalue weighted by Gasteiger charge is -2.20. The molecule has 1 heterocycles. The number of carbonyl (C=O) groups is 5. The van der Waals surface area contributed by atoms with Gasteiger partial charge < -0.3 is 31.9 Å². The first-order valence-electron chi connectivity index (χ1n) is 9.19. The van der Waals surface area contributed by atoms with Gasteiger partial charge in [-0.25, -0.2) is 9.59 Å². The number of carboxylic acid groups (broad SMARTS) is 2.